The lowest BCUT2D eigenvalue weighted by atomic mass is 10.1. The lowest BCUT2D eigenvalue weighted by Gasteiger charge is -2.17. The summed E-state index contributed by atoms with van der Waals surface area (Å²) in [5, 5.41) is 24.1. The summed E-state index contributed by atoms with van der Waals surface area (Å²) in [5.74, 6) is -0.648. The Balaban J connectivity index is 2.95. The number of para-hydroxylation sites is 1. The molecule has 0 heterocycles. The summed E-state index contributed by atoms with van der Waals surface area (Å²) in [6.45, 7) is 1.91. The fourth-order valence-corrected chi connectivity index (χ4v) is 1.76. The molecule has 0 aromatic heterocycles. The number of methoxy groups -OCH3 is 1. The van der Waals surface area contributed by atoms with E-state index in [0.717, 1.165) is 6.42 Å². The van der Waals surface area contributed by atoms with E-state index in [4.69, 9.17) is 15.7 Å². The maximum Gasteiger partial charge on any atom is 0.255 e. The van der Waals surface area contributed by atoms with Crippen molar-refractivity contribution in [1.29, 1.82) is 0 Å². The van der Waals surface area contributed by atoms with Crippen LogP contribution in [0.4, 0.5) is 0 Å². The number of rotatable bonds is 6. The first-order valence-electron chi connectivity index (χ1n) is 6.19. The van der Waals surface area contributed by atoms with Crippen LogP contribution in [0.25, 0.3) is 0 Å². The number of nitrogens with one attached hydrogen (secondary N) is 1. The fraction of sp³-hybridized carbons (Fsp3) is 0.385. The number of amides is 1. The summed E-state index contributed by atoms with van der Waals surface area (Å²) in [6.07, 6.45) is 1.26. The van der Waals surface area contributed by atoms with E-state index in [2.05, 4.69) is 10.5 Å². The third-order valence-electron chi connectivity index (χ3n) is 2.82. The van der Waals surface area contributed by atoms with Crippen molar-refractivity contribution in [3.8, 4) is 11.5 Å². The van der Waals surface area contributed by atoms with Crippen molar-refractivity contribution in [2.45, 2.75) is 25.8 Å². The van der Waals surface area contributed by atoms with Crippen molar-refractivity contribution < 1.29 is 19.8 Å². The zero-order valence-electron chi connectivity index (χ0n) is 11.5. The SMILES string of the molecule is CCCC(NC(=O)c1cccc(OC)c1O)/C(N)=N/O. The van der Waals surface area contributed by atoms with Crippen LogP contribution in [0.2, 0.25) is 0 Å². The van der Waals surface area contributed by atoms with E-state index < -0.39 is 11.9 Å². The Morgan fingerprint density at radius 1 is 1.55 bits per heavy atom. The van der Waals surface area contributed by atoms with Gasteiger partial charge in [0.15, 0.2) is 17.3 Å². The summed E-state index contributed by atoms with van der Waals surface area (Å²) in [5.41, 5.74) is 5.59. The first kappa shape index (κ1) is 15.6. The molecule has 0 saturated carbocycles. The monoisotopic (exact) mass is 281 g/mol. The number of carbonyl (C=O) groups excluding carboxylic acids is 1. The highest BCUT2D eigenvalue weighted by Crippen LogP contribution is 2.29. The average molecular weight is 281 g/mol. The first-order chi connectivity index (χ1) is 9.54. The molecular formula is C13H19N3O4. The number of nitrogens with zero attached hydrogens (tertiary/aromatic N) is 1. The van der Waals surface area contributed by atoms with E-state index >= 15 is 0 Å². The minimum absolute atomic E-state index is 0.0659. The van der Waals surface area contributed by atoms with Gasteiger partial charge in [-0.3, -0.25) is 4.79 Å². The lowest BCUT2D eigenvalue weighted by Crippen LogP contribution is -2.44. The van der Waals surface area contributed by atoms with Crippen molar-refractivity contribution >= 4 is 11.7 Å². The molecule has 0 aliphatic rings. The Bertz CT molecular complexity index is 502. The summed E-state index contributed by atoms with van der Waals surface area (Å²) < 4.78 is 4.94. The molecule has 1 aromatic carbocycles. The second-order valence-electron chi connectivity index (χ2n) is 4.20. The number of hydrogen-bond donors (Lipinski definition) is 4. The lowest BCUT2D eigenvalue weighted by molar-refractivity contribution is 0.0941. The summed E-state index contributed by atoms with van der Waals surface area (Å²) >= 11 is 0. The van der Waals surface area contributed by atoms with Crippen LogP contribution in [0.1, 0.15) is 30.1 Å². The normalized spacial score (nSPS) is 12.8. The Hall–Kier alpha value is -2.44. The predicted molar refractivity (Wildman–Crippen MR) is 74.2 cm³/mol. The van der Waals surface area contributed by atoms with Crippen molar-refractivity contribution in [3.63, 3.8) is 0 Å². The number of ether oxygens (including phenoxy) is 1. The molecule has 1 aromatic rings. The van der Waals surface area contributed by atoms with Crippen LogP contribution in [-0.2, 0) is 0 Å². The van der Waals surface area contributed by atoms with Crippen molar-refractivity contribution in [1.82, 2.24) is 5.32 Å². The van der Waals surface area contributed by atoms with E-state index in [-0.39, 0.29) is 22.9 Å². The van der Waals surface area contributed by atoms with Crippen LogP contribution in [0.3, 0.4) is 0 Å². The largest absolute Gasteiger partial charge is 0.504 e. The molecule has 0 bridgehead atoms. The quantitative estimate of drug-likeness (QED) is 0.269. The van der Waals surface area contributed by atoms with Gasteiger partial charge in [0.05, 0.1) is 18.7 Å². The van der Waals surface area contributed by atoms with Crippen LogP contribution in [0.15, 0.2) is 23.4 Å². The Morgan fingerprint density at radius 3 is 2.80 bits per heavy atom. The molecule has 7 nitrogen and oxygen atoms in total. The molecule has 0 fully saturated rings. The highest BCUT2D eigenvalue weighted by Gasteiger charge is 2.20. The number of oxime groups is 1. The number of phenolic OH excluding ortho intramolecular Hbond substituents is 1. The van der Waals surface area contributed by atoms with Gasteiger partial charge in [0.1, 0.15) is 0 Å². The van der Waals surface area contributed by atoms with Crippen molar-refractivity contribution in [2.75, 3.05) is 7.11 Å². The number of hydrogen-bond acceptors (Lipinski definition) is 5. The molecule has 20 heavy (non-hydrogen) atoms. The number of nitrogens with two attached hydrogens (primary N) is 1. The summed E-state index contributed by atoms with van der Waals surface area (Å²) in [4.78, 5) is 12.1. The van der Waals surface area contributed by atoms with Crippen molar-refractivity contribution in [3.05, 3.63) is 23.8 Å². The molecule has 1 amide bonds. The smallest absolute Gasteiger partial charge is 0.255 e. The van der Waals surface area contributed by atoms with Crippen LogP contribution in [0, 0.1) is 0 Å². The minimum Gasteiger partial charge on any atom is -0.504 e. The number of aromatic hydroxyl groups is 1. The Kier molecular flexibility index (Phi) is 5.64. The van der Waals surface area contributed by atoms with Crippen LogP contribution in [0.5, 0.6) is 11.5 Å². The maximum absolute atomic E-state index is 12.1. The number of benzene rings is 1. The van der Waals surface area contributed by atoms with Gasteiger partial charge in [0.25, 0.3) is 5.91 Å². The molecule has 1 atom stereocenters. The highest BCUT2D eigenvalue weighted by atomic mass is 16.5. The molecule has 0 radical (unpaired) electrons. The van der Waals surface area contributed by atoms with E-state index in [1.54, 1.807) is 12.1 Å². The zero-order valence-corrected chi connectivity index (χ0v) is 11.5. The first-order valence-corrected chi connectivity index (χ1v) is 6.19. The fourth-order valence-electron chi connectivity index (χ4n) is 1.76. The van der Waals surface area contributed by atoms with Gasteiger partial charge in [-0.25, -0.2) is 0 Å². The molecule has 1 rings (SSSR count). The highest BCUT2D eigenvalue weighted by molar-refractivity contribution is 6.00. The number of phenols is 1. The van der Waals surface area contributed by atoms with Gasteiger partial charge >= 0.3 is 0 Å². The molecule has 0 aliphatic heterocycles. The van der Waals surface area contributed by atoms with Gasteiger partial charge in [-0.2, -0.15) is 0 Å². The van der Waals surface area contributed by atoms with Gasteiger partial charge < -0.3 is 26.1 Å². The van der Waals surface area contributed by atoms with E-state index in [1.165, 1.54) is 13.2 Å². The topological polar surface area (TPSA) is 117 Å². The van der Waals surface area contributed by atoms with Crippen LogP contribution >= 0.6 is 0 Å². The minimum atomic E-state index is -0.594. The standard InChI is InChI=1S/C13H19N3O4/c1-3-5-9(12(14)16-19)15-13(18)8-6-4-7-10(20-2)11(8)17/h4,6-7,9,17,19H,3,5H2,1-2H3,(H2,14,16)(H,15,18). The van der Waals surface area contributed by atoms with Crippen LogP contribution < -0.4 is 15.8 Å². The molecule has 0 spiro atoms. The van der Waals surface area contributed by atoms with Gasteiger partial charge in [0.2, 0.25) is 0 Å². The predicted octanol–water partition coefficient (Wildman–Crippen LogP) is 1.05. The molecular weight excluding hydrogens is 262 g/mol. The van der Waals surface area contributed by atoms with Gasteiger partial charge in [-0.05, 0) is 18.6 Å². The van der Waals surface area contributed by atoms with Gasteiger partial charge in [0, 0.05) is 0 Å². The third-order valence-corrected chi connectivity index (χ3v) is 2.82. The summed E-state index contributed by atoms with van der Waals surface area (Å²) in [7, 11) is 1.40. The Labute approximate surface area is 117 Å². The molecule has 1 unspecified atom stereocenters. The van der Waals surface area contributed by atoms with E-state index in [1.807, 2.05) is 6.92 Å². The van der Waals surface area contributed by atoms with Crippen molar-refractivity contribution in [2.24, 2.45) is 10.9 Å². The van der Waals surface area contributed by atoms with E-state index in [0.29, 0.717) is 6.42 Å². The summed E-state index contributed by atoms with van der Waals surface area (Å²) in [6, 6.07) is 4.00. The van der Waals surface area contributed by atoms with Crippen LogP contribution in [-0.4, -0.2) is 35.2 Å². The molecule has 7 heteroatoms. The molecule has 0 saturated heterocycles. The molecule has 0 aliphatic carbocycles. The van der Waals surface area contributed by atoms with Gasteiger partial charge in [-0.15, -0.1) is 0 Å². The zero-order chi connectivity index (χ0) is 15.1. The third kappa shape index (κ3) is 3.53. The second-order valence-corrected chi connectivity index (χ2v) is 4.20. The van der Waals surface area contributed by atoms with Gasteiger partial charge in [-0.1, -0.05) is 24.6 Å². The maximum atomic E-state index is 12.1. The number of carbonyl (C=O) groups is 1. The second kappa shape index (κ2) is 7.22. The Morgan fingerprint density at radius 2 is 2.25 bits per heavy atom. The average Bonchev–Trinajstić information content (AvgIpc) is 2.46. The van der Waals surface area contributed by atoms with E-state index in [9.17, 15) is 9.90 Å². The molecule has 110 valence electrons. The number of amidine groups is 1. The molecule has 5 N–H and O–H groups in total.